The summed E-state index contributed by atoms with van der Waals surface area (Å²) >= 11 is 0. The summed E-state index contributed by atoms with van der Waals surface area (Å²) in [6, 6.07) is 18.3. The first kappa shape index (κ1) is 36.9. The molecule has 45 heavy (non-hydrogen) atoms. The summed E-state index contributed by atoms with van der Waals surface area (Å²) in [5.41, 5.74) is 1.14. The van der Waals surface area contributed by atoms with Crippen molar-refractivity contribution >= 4 is 23.8 Å². The summed E-state index contributed by atoms with van der Waals surface area (Å²) in [6.45, 7) is 12.8. The Bertz CT molecular complexity index is 1240. The Labute approximate surface area is 267 Å². The van der Waals surface area contributed by atoms with E-state index in [9.17, 15) is 24.3 Å². The van der Waals surface area contributed by atoms with Crippen molar-refractivity contribution in [3.05, 3.63) is 97.1 Å². The third kappa shape index (κ3) is 14.4. The highest BCUT2D eigenvalue weighted by atomic mass is 16.6. The number of benzene rings is 2. The summed E-state index contributed by atoms with van der Waals surface area (Å²) in [6.07, 6.45) is 3.75. The molecule has 2 N–H and O–H groups in total. The van der Waals surface area contributed by atoms with E-state index in [1.165, 1.54) is 4.90 Å². The van der Waals surface area contributed by atoms with Crippen LogP contribution in [-0.2, 0) is 41.6 Å². The Kier molecular flexibility index (Phi) is 15.8. The molecule has 2 rings (SSSR count). The lowest BCUT2D eigenvalue weighted by molar-refractivity contribution is -0.161. The molecular weight excluding hydrogens is 572 g/mol. The number of ether oxygens (including phenoxy) is 2. The van der Waals surface area contributed by atoms with Gasteiger partial charge in [-0.15, -0.1) is 13.2 Å². The molecule has 244 valence electrons. The van der Waals surface area contributed by atoms with E-state index in [0.717, 1.165) is 11.1 Å². The molecule has 0 aliphatic rings. The maximum Gasteiger partial charge on any atom is 0.309 e. The van der Waals surface area contributed by atoms with Crippen LogP contribution in [0.5, 0.6) is 0 Å². The van der Waals surface area contributed by atoms with Gasteiger partial charge >= 0.3 is 11.9 Å². The smallest absolute Gasteiger partial charge is 0.309 e. The number of hydrogen-bond donors (Lipinski definition) is 2. The minimum atomic E-state index is -0.779. The second kappa shape index (κ2) is 19.2. The van der Waals surface area contributed by atoms with Crippen LogP contribution in [0.2, 0.25) is 0 Å². The van der Waals surface area contributed by atoms with Crippen molar-refractivity contribution in [2.45, 2.75) is 71.1 Å². The van der Waals surface area contributed by atoms with Gasteiger partial charge in [-0.1, -0.05) is 72.8 Å². The number of nitrogens with one attached hydrogen (secondary N) is 1. The molecule has 2 amide bonds. The Morgan fingerprint density at radius 1 is 0.889 bits per heavy atom. The van der Waals surface area contributed by atoms with Crippen molar-refractivity contribution in [3.8, 4) is 0 Å². The third-order valence-electron chi connectivity index (χ3n) is 6.90. The zero-order chi connectivity index (χ0) is 33.2. The molecular formula is C36H48N2O7. The lowest BCUT2D eigenvalue weighted by Gasteiger charge is -2.26. The van der Waals surface area contributed by atoms with Crippen LogP contribution in [0, 0.1) is 11.8 Å². The topological polar surface area (TPSA) is 122 Å². The first-order valence-electron chi connectivity index (χ1n) is 15.3. The van der Waals surface area contributed by atoms with Crippen molar-refractivity contribution in [1.82, 2.24) is 10.2 Å². The van der Waals surface area contributed by atoms with Gasteiger partial charge in [0.15, 0.2) is 0 Å². The molecule has 9 heteroatoms. The molecule has 0 bridgehead atoms. The lowest BCUT2D eigenvalue weighted by atomic mass is 9.97. The van der Waals surface area contributed by atoms with Gasteiger partial charge in [0.2, 0.25) is 11.8 Å². The van der Waals surface area contributed by atoms with E-state index in [4.69, 9.17) is 9.47 Å². The number of amides is 2. The second-order valence-corrected chi connectivity index (χ2v) is 12.0. The first-order chi connectivity index (χ1) is 21.4. The van der Waals surface area contributed by atoms with E-state index in [1.54, 1.807) is 32.9 Å². The van der Waals surface area contributed by atoms with E-state index in [-0.39, 0.29) is 57.3 Å². The van der Waals surface area contributed by atoms with Crippen molar-refractivity contribution in [2.24, 2.45) is 11.8 Å². The average molecular weight is 621 g/mol. The average Bonchev–Trinajstić information content (AvgIpc) is 2.99. The molecule has 0 aromatic heterocycles. The standard InChI is InChI=1S/C36H48N2O7/c1-6-14-29(23-32(40)38(20-21-39)25-28-18-12-9-13-19-28)34(42)37-31(22-27-16-10-8-11-17-27)26-44-35(43)30(15-7-2)24-33(41)45-36(3,4)5/h6-13,16-19,29-31,39H,1-2,14-15,20-26H2,3-5H3,(H,37,42)/t29-,30+,31+/m1/s1. The highest BCUT2D eigenvalue weighted by molar-refractivity contribution is 5.86. The molecule has 2 aromatic carbocycles. The first-order valence-corrected chi connectivity index (χ1v) is 15.3. The summed E-state index contributed by atoms with van der Waals surface area (Å²) in [5.74, 6) is -3.25. The van der Waals surface area contributed by atoms with Gasteiger partial charge < -0.3 is 24.8 Å². The number of nitrogens with zero attached hydrogens (tertiary/aromatic N) is 1. The minimum absolute atomic E-state index is 0.0835. The van der Waals surface area contributed by atoms with Crippen LogP contribution >= 0.6 is 0 Å². The molecule has 0 radical (unpaired) electrons. The maximum atomic E-state index is 13.6. The Morgan fingerprint density at radius 3 is 2.02 bits per heavy atom. The van der Waals surface area contributed by atoms with Crippen LogP contribution in [0.1, 0.15) is 57.6 Å². The number of carbonyl (C=O) groups is 4. The van der Waals surface area contributed by atoms with Gasteiger partial charge in [-0.05, 0) is 51.2 Å². The van der Waals surface area contributed by atoms with Crippen LogP contribution in [-0.4, -0.2) is 65.2 Å². The second-order valence-electron chi connectivity index (χ2n) is 12.0. The summed E-state index contributed by atoms with van der Waals surface area (Å²) in [7, 11) is 0. The van der Waals surface area contributed by atoms with E-state index in [2.05, 4.69) is 18.5 Å². The van der Waals surface area contributed by atoms with E-state index < -0.39 is 35.4 Å². The molecule has 0 aliphatic carbocycles. The SMILES string of the molecule is C=CC[C@H](CC(=O)N(CCO)Cc1ccccc1)C(=O)N[C@H](COC(=O)[C@@H](CC=C)CC(=O)OC(C)(C)C)Cc1ccccc1. The Hall–Kier alpha value is -4.24. The molecule has 0 saturated carbocycles. The van der Waals surface area contributed by atoms with Gasteiger partial charge in [0.05, 0.1) is 30.9 Å². The molecule has 0 saturated heterocycles. The van der Waals surface area contributed by atoms with Gasteiger partial charge in [-0.2, -0.15) is 0 Å². The molecule has 0 heterocycles. The van der Waals surface area contributed by atoms with Crippen molar-refractivity contribution < 1.29 is 33.8 Å². The van der Waals surface area contributed by atoms with Crippen LogP contribution in [0.4, 0.5) is 0 Å². The van der Waals surface area contributed by atoms with Crippen LogP contribution < -0.4 is 5.32 Å². The van der Waals surface area contributed by atoms with Gasteiger partial charge in [0.25, 0.3) is 0 Å². The van der Waals surface area contributed by atoms with Gasteiger partial charge in [-0.3, -0.25) is 19.2 Å². The van der Waals surface area contributed by atoms with Crippen molar-refractivity contribution in [3.63, 3.8) is 0 Å². The molecule has 0 spiro atoms. The van der Waals surface area contributed by atoms with E-state index in [0.29, 0.717) is 13.0 Å². The fourth-order valence-electron chi connectivity index (χ4n) is 4.76. The molecule has 9 nitrogen and oxygen atoms in total. The molecule has 0 unspecified atom stereocenters. The summed E-state index contributed by atoms with van der Waals surface area (Å²) < 4.78 is 11.0. The number of esters is 2. The molecule has 2 aromatic rings. The monoisotopic (exact) mass is 620 g/mol. The van der Waals surface area contributed by atoms with Gasteiger partial charge in [0, 0.05) is 19.5 Å². The van der Waals surface area contributed by atoms with Gasteiger partial charge in [0.1, 0.15) is 12.2 Å². The lowest BCUT2D eigenvalue weighted by Crippen LogP contribution is -2.45. The normalized spacial score (nSPS) is 13.1. The highest BCUT2D eigenvalue weighted by Gasteiger charge is 2.29. The number of allylic oxidation sites excluding steroid dienone is 2. The summed E-state index contributed by atoms with van der Waals surface area (Å²) in [5, 5.41) is 12.6. The third-order valence-corrected chi connectivity index (χ3v) is 6.90. The number of aliphatic hydroxyl groups is 1. The zero-order valence-corrected chi connectivity index (χ0v) is 26.8. The predicted molar refractivity (Wildman–Crippen MR) is 174 cm³/mol. The fraction of sp³-hybridized carbons (Fsp3) is 0.444. The van der Waals surface area contributed by atoms with Crippen LogP contribution in [0.3, 0.4) is 0 Å². The van der Waals surface area contributed by atoms with Crippen molar-refractivity contribution in [2.75, 3.05) is 19.8 Å². The molecule has 3 atom stereocenters. The number of hydrogen-bond acceptors (Lipinski definition) is 7. The minimum Gasteiger partial charge on any atom is -0.463 e. The van der Waals surface area contributed by atoms with E-state index >= 15 is 0 Å². The number of rotatable bonds is 19. The molecule has 0 aliphatic heterocycles. The largest absolute Gasteiger partial charge is 0.463 e. The fourth-order valence-corrected chi connectivity index (χ4v) is 4.76. The predicted octanol–water partition coefficient (Wildman–Crippen LogP) is 4.78. The highest BCUT2D eigenvalue weighted by Crippen LogP contribution is 2.18. The van der Waals surface area contributed by atoms with Gasteiger partial charge in [-0.25, -0.2) is 0 Å². The zero-order valence-electron chi connectivity index (χ0n) is 26.8. The van der Waals surface area contributed by atoms with Crippen LogP contribution in [0.25, 0.3) is 0 Å². The maximum absolute atomic E-state index is 13.6. The number of aliphatic hydroxyl groups excluding tert-OH is 1. The Balaban J connectivity index is 2.15. The number of carbonyl (C=O) groups excluding carboxylic acids is 4. The van der Waals surface area contributed by atoms with Crippen molar-refractivity contribution in [1.29, 1.82) is 0 Å². The summed E-state index contributed by atoms with van der Waals surface area (Å²) in [4.78, 5) is 53.9. The molecule has 0 fully saturated rings. The Morgan fingerprint density at radius 2 is 1.47 bits per heavy atom. The van der Waals surface area contributed by atoms with Crippen LogP contribution in [0.15, 0.2) is 86.0 Å². The quantitative estimate of drug-likeness (QED) is 0.171. The van der Waals surface area contributed by atoms with E-state index in [1.807, 2.05) is 60.7 Å².